The van der Waals surface area contributed by atoms with Gasteiger partial charge in [-0.05, 0) is 50.0 Å². The van der Waals surface area contributed by atoms with Gasteiger partial charge in [-0.25, -0.2) is 0 Å². The van der Waals surface area contributed by atoms with Gasteiger partial charge in [0.1, 0.15) is 0 Å². The van der Waals surface area contributed by atoms with Crippen molar-refractivity contribution in [3.8, 4) is 0 Å². The van der Waals surface area contributed by atoms with Crippen LogP contribution in [0.25, 0.3) is 0 Å². The summed E-state index contributed by atoms with van der Waals surface area (Å²) < 4.78 is 0. The molecule has 1 fully saturated rings. The zero-order valence-electron chi connectivity index (χ0n) is 10.8. The zero-order chi connectivity index (χ0) is 12.6. The van der Waals surface area contributed by atoms with Crippen molar-refractivity contribution < 1.29 is 5.11 Å². The minimum Gasteiger partial charge on any atom is -0.386 e. The molecule has 0 saturated heterocycles. The molecule has 1 N–H and O–H groups in total. The summed E-state index contributed by atoms with van der Waals surface area (Å²) >= 11 is 0. The fourth-order valence-electron chi connectivity index (χ4n) is 2.69. The van der Waals surface area contributed by atoms with Gasteiger partial charge in [-0.3, -0.25) is 0 Å². The van der Waals surface area contributed by atoms with Crippen LogP contribution in [0.3, 0.4) is 0 Å². The van der Waals surface area contributed by atoms with E-state index in [0.29, 0.717) is 5.92 Å². The largest absolute Gasteiger partial charge is 0.386 e. The second kappa shape index (κ2) is 4.21. The SMILES string of the molecule is C=CC1(C)CCC(O)(C(=C)C)CC1C(=C)C. The summed E-state index contributed by atoms with van der Waals surface area (Å²) in [6, 6.07) is 0. The Bertz CT molecular complexity index is 328. The Morgan fingerprint density at radius 1 is 1.31 bits per heavy atom. The molecule has 0 bridgehead atoms. The van der Waals surface area contributed by atoms with Crippen LogP contribution in [0, 0.1) is 11.3 Å². The van der Waals surface area contributed by atoms with Gasteiger partial charge in [0.05, 0.1) is 5.60 Å². The number of aliphatic hydroxyl groups is 1. The highest BCUT2D eigenvalue weighted by molar-refractivity contribution is 5.20. The molecule has 0 spiro atoms. The number of allylic oxidation sites excluding steroid dienone is 2. The first-order chi connectivity index (χ1) is 7.25. The lowest BCUT2D eigenvalue weighted by Crippen LogP contribution is -2.44. The molecule has 0 aromatic rings. The number of hydrogen-bond acceptors (Lipinski definition) is 1. The third-order valence-corrected chi connectivity index (χ3v) is 4.27. The van der Waals surface area contributed by atoms with Crippen molar-refractivity contribution in [2.75, 3.05) is 0 Å². The summed E-state index contributed by atoms with van der Waals surface area (Å²) in [6.07, 6.45) is 4.45. The minimum atomic E-state index is -0.716. The molecule has 0 radical (unpaired) electrons. The van der Waals surface area contributed by atoms with Crippen molar-refractivity contribution in [2.45, 2.75) is 45.6 Å². The van der Waals surface area contributed by atoms with Crippen LogP contribution in [0.4, 0.5) is 0 Å². The molecule has 1 aliphatic carbocycles. The average molecular weight is 220 g/mol. The van der Waals surface area contributed by atoms with Crippen LogP contribution in [0.5, 0.6) is 0 Å². The molecule has 1 aliphatic rings. The number of hydrogen-bond donors (Lipinski definition) is 1. The molecule has 0 amide bonds. The summed E-state index contributed by atoms with van der Waals surface area (Å²) in [5.41, 5.74) is 1.34. The smallest absolute Gasteiger partial charge is 0.0857 e. The Kier molecular flexibility index (Phi) is 3.49. The van der Waals surface area contributed by atoms with Crippen molar-refractivity contribution in [3.63, 3.8) is 0 Å². The highest BCUT2D eigenvalue weighted by atomic mass is 16.3. The molecule has 90 valence electrons. The van der Waals surface area contributed by atoms with Gasteiger partial charge < -0.3 is 5.11 Å². The lowest BCUT2D eigenvalue weighted by Gasteiger charge is -2.47. The predicted molar refractivity (Wildman–Crippen MR) is 70.2 cm³/mol. The molecule has 1 nitrogen and oxygen atoms in total. The van der Waals surface area contributed by atoms with Gasteiger partial charge in [0.25, 0.3) is 0 Å². The first-order valence-electron chi connectivity index (χ1n) is 5.92. The third-order valence-electron chi connectivity index (χ3n) is 4.27. The molecule has 0 heterocycles. The Morgan fingerprint density at radius 3 is 2.25 bits per heavy atom. The van der Waals surface area contributed by atoms with Crippen LogP contribution in [0.15, 0.2) is 37.0 Å². The minimum absolute atomic E-state index is 0.0630. The van der Waals surface area contributed by atoms with Crippen LogP contribution in [-0.4, -0.2) is 10.7 Å². The molecule has 3 atom stereocenters. The highest BCUT2D eigenvalue weighted by Gasteiger charge is 2.45. The quantitative estimate of drug-likeness (QED) is 0.716. The molecule has 1 heteroatoms. The van der Waals surface area contributed by atoms with E-state index < -0.39 is 5.60 Å². The van der Waals surface area contributed by atoms with Crippen LogP contribution >= 0.6 is 0 Å². The Labute approximate surface area is 99.6 Å². The van der Waals surface area contributed by atoms with Crippen LogP contribution in [-0.2, 0) is 0 Å². The van der Waals surface area contributed by atoms with E-state index in [4.69, 9.17) is 0 Å². The van der Waals surface area contributed by atoms with Crippen molar-refractivity contribution in [3.05, 3.63) is 37.0 Å². The summed E-state index contributed by atoms with van der Waals surface area (Å²) in [6.45, 7) is 18.1. The van der Waals surface area contributed by atoms with E-state index in [1.54, 1.807) is 0 Å². The van der Waals surface area contributed by atoms with E-state index in [2.05, 4.69) is 26.7 Å². The van der Waals surface area contributed by atoms with Crippen LogP contribution in [0.2, 0.25) is 0 Å². The van der Waals surface area contributed by atoms with Gasteiger partial charge in [0, 0.05) is 0 Å². The van der Waals surface area contributed by atoms with Gasteiger partial charge in [0.2, 0.25) is 0 Å². The van der Waals surface area contributed by atoms with Crippen molar-refractivity contribution >= 4 is 0 Å². The second-order valence-electron chi connectivity index (χ2n) is 5.62. The average Bonchev–Trinajstić information content (AvgIpc) is 2.21. The maximum atomic E-state index is 10.5. The lowest BCUT2D eigenvalue weighted by atomic mass is 9.60. The van der Waals surface area contributed by atoms with Crippen LogP contribution in [0.1, 0.15) is 40.0 Å². The molecule has 0 aromatic heterocycles. The Hall–Kier alpha value is -0.820. The lowest BCUT2D eigenvalue weighted by molar-refractivity contribution is -0.0118. The highest BCUT2D eigenvalue weighted by Crippen LogP contribution is 2.50. The van der Waals surface area contributed by atoms with E-state index in [9.17, 15) is 5.11 Å². The maximum absolute atomic E-state index is 10.5. The zero-order valence-corrected chi connectivity index (χ0v) is 10.8. The molecule has 1 saturated carbocycles. The van der Waals surface area contributed by atoms with E-state index in [1.807, 2.05) is 19.9 Å². The summed E-state index contributed by atoms with van der Waals surface area (Å²) in [4.78, 5) is 0. The van der Waals surface area contributed by atoms with Gasteiger partial charge in [-0.2, -0.15) is 0 Å². The standard InChI is InChI=1S/C15H24O/c1-7-14(6)8-9-15(16,12(4)5)10-13(14)11(2)3/h7,13,16H,1-2,4,8-10H2,3,5-6H3. The normalized spacial score (nSPS) is 39.1. The Balaban J connectivity index is 3.02. The first-order valence-corrected chi connectivity index (χ1v) is 5.92. The molecule has 1 rings (SSSR count). The molecular weight excluding hydrogens is 196 g/mol. The Morgan fingerprint density at radius 2 is 1.88 bits per heavy atom. The molecule has 3 unspecified atom stereocenters. The van der Waals surface area contributed by atoms with E-state index >= 15 is 0 Å². The molecule has 0 aliphatic heterocycles. The monoisotopic (exact) mass is 220 g/mol. The van der Waals surface area contributed by atoms with Crippen molar-refractivity contribution in [2.24, 2.45) is 11.3 Å². The second-order valence-corrected chi connectivity index (χ2v) is 5.62. The molecular formula is C15H24O. The van der Waals surface area contributed by atoms with Crippen molar-refractivity contribution in [1.82, 2.24) is 0 Å². The summed E-state index contributed by atoms with van der Waals surface area (Å²) in [7, 11) is 0. The third kappa shape index (κ3) is 2.15. The fourth-order valence-corrected chi connectivity index (χ4v) is 2.69. The molecule has 16 heavy (non-hydrogen) atoms. The fraction of sp³-hybridized carbons (Fsp3) is 0.600. The van der Waals surface area contributed by atoms with Gasteiger partial charge >= 0.3 is 0 Å². The topological polar surface area (TPSA) is 20.2 Å². The van der Waals surface area contributed by atoms with E-state index in [0.717, 1.165) is 30.4 Å². The van der Waals surface area contributed by atoms with Gasteiger partial charge in [0.15, 0.2) is 0 Å². The predicted octanol–water partition coefficient (Wildman–Crippen LogP) is 3.86. The summed E-state index contributed by atoms with van der Waals surface area (Å²) in [5.74, 6) is 0.292. The first kappa shape index (κ1) is 13.2. The van der Waals surface area contributed by atoms with E-state index in [1.165, 1.54) is 0 Å². The van der Waals surface area contributed by atoms with Gasteiger partial charge in [-0.1, -0.05) is 31.7 Å². The summed E-state index contributed by atoms with van der Waals surface area (Å²) in [5, 5.41) is 10.5. The number of rotatable bonds is 3. The molecule has 0 aromatic carbocycles. The van der Waals surface area contributed by atoms with E-state index in [-0.39, 0.29) is 5.41 Å². The maximum Gasteiger partial charge on any atom is 0.0857 e. The van der Waals surface area contributed by atoms with Crippen molar-refractivity contribution in [1.29, 1.82) is 0 Å². The van der Waals surface area contributed by atoms with Gasteiger partial charge in [-0.15, -0.1) is 6.58 Å². The van der Waals surface area contributed by atoms with Crippen LogP contribution < -0.4 is 0 Å².